The van der Waals surface area contributed by atoms with Gasteiger partial charge >= 0.3 is 12.4 Å². The molecule has 2 amide bonds. The summed E-state index contributed by atoms with van der Waals surface area (Å²) in [5.74, 6) is -4.56. The molecule has 2 heterocycles. The van der Waals surface area contributed by atoms with Gasteiger partial charge < -0.3 is 14.9 Å². The number of rotatable bonds is 8. The second-order valence-electron chi connectivity index (χ2n) is 11.6. The fraction of sp³-hybridized carbons (Fsp3) is 0.438. The molecule has 242 valence electrons. The van der Waals surface area contributed by atoms with Gasteiger partial charge in [-0.25, -0.2) is 4.90 Å². The minimum atomic E-state index is -5.15. The Morgan fingerprint density at radius 2 is 1.67 bits per heavy atom. The highest BCUT2D eigenvalue weighted by molar-refractivity contribution is 6.32. The van der Waals surface area contributed by atoms with Crippen LogP contribution in [0.1, 0.15) is 55.7 Å². The van der Waals surface area contributed by atoms with Crippen molar-refractivity contribution in [3.63, 3.8) is 0 Å². The second kappa shape index (κ2) is 12.4. The van der Waals surface area contributed by atoms with E-state index in [2.05, 4.69) is 0 Å². The number of allylic oxidation sites excluding steroid dienone is 1. The van der Waals surface area contributed by atoms with Crippen molar-refractivity contribution >= 4 is 35.2 Å². The van der Waals surface area contributed by atoms with Crippen LogP contribution in [0.5, 0.6) is 5.75 Å². The van der Waals surface area contributed by atoms with Gasteiger partial charge in [0.1, 0.15) is 5.75 Å². The minimum absolute atomic E-state index is 0.00450. The van der Waals surface area contributed by atoms with E-state index >= 15 is 0 Å². The molecule has 4 atom stereocenters. The van der Waals surface area contributed by atoms with Crippen molar-refractivity contribution in [2.45, 2.75) is 57.5 Å². The van der Waals surface area contributed by atoms with Crippen LogP contribution in [0.2, 0.25) is 5.02 Å². The van der Waals surface area contributed by atoms with Gasteiger partial charge in [-0.05, 0) is 78.8 Å². The van der Waals surface area contributed by atoms with E-state index in [1.165, 1.54) is 12.1 Å². The van der Waals surface area contributed by atoms with Gasteiger partial charge in [0.25, 0.3) is 0 Å². The van der Waals surface area contributed by atoms with E-state index in [0.29, 0.717) is 46.0 Å². The molecule has 5 rings (SSSR count). The number of halogens is 7. The van der Waals surface area contributed by atoms with E-state index in [1.54, 1.807) is 6.07 Å². The average Bonchev–Trinajstić information content (AvgIpc) is 3.49. The summed E-state index contributed by atoms with van der Waals surface area (Å²) in [4.78, 5) is 27.6. The van der Waals surface area contributed by atoms with Gasteiger partial charge in [0.2, 0.25) is 11.8 Å². The van der Waals surface area contributed by atoms with Crippen molar-refractivity contribution in [1.29, 1.82) is 0 Å². The van der Waals surface area contributed by atoms with Crippen LogP contribution < -0.4 is 4.90 Å². The van der Waals surface area contributed by atoms with E-state index in [-0.39, 0.29) is 24.8 Å². The van der Waals surface area contributed by atoms with Crippen LogP contribution in [0.3, 0.4) is 0 Å². The fourth-order valence-corrected chi connectivity index (χ4v) is 6.93. The van der Waals surface area contributed by atoms with Crippen LogP contribution in [-0.4, -0.2) is 41.3 Å². The number of benzene rings is 2. The first kappa shape index (κ1) is 33.0. The lowest BCUT2D eigenvalue weighted by atomic mass is 9.69. The SMILES string of the molecule is CCC/C(=C\c1ccc(O)cc1Cl)CC[C@H]1OC[C@H]2C1=C(CO)C[C@H]1C(=O)N(c3cc(C(F)(F)F)cc(C(F)(F)F)c3)C(=O)[C@H]12. The lowest BCUT2D eigenvalue weighted by molar-refractivity contribution is -0.143. The lowest BCUT2D eigenvalue weighted by Gasteiger charge is -2.31. The summed E-state index contributed by atoms with van der Waals surface area (Å²) in [6.07, 6.45) is -6.37. The number of ether oxygens (including phenoxy) is 1. The molecule has 2 aliphatic heterocycles. The number of fused-ring (bicyclic) bond motifs is 3. The van der Waals surface area contributed by atoms with Gasteiger partial charge in [0.15, 0.2) is 0 Å². The Morgan fingerprint density at radius 3 is 2.24 bits per heavy atom. The normalized spacial score (nSPS) is 24.0. The smallest absolute Gasteiger partial charge is 0.416 e. The fourth-order valence-electron chi connectivity index (χ4n) is 6.70. The van der Waals surface area contributed by atoms with Gasteiger partial charge in [0, 0.05) is 5.92 Å². The number of phenolic OH excluding ortho intramolecular Hbond substituents is 1. The van der Waals surface area contributed by atoms with E-state index < -0.39 is 71.4 Å². The molecule has 3 aliphatic rings. The number of carbonyl (C=O) groups is 2. The highest BCUT2D eigenvalue weighted by atomic mass is 35.5. The molecule has 6 nitrogen and oxygen atoms in total. The molecule has 2 aromatic carbocycles. The topological polar surface area (TPSA) is 87.1 Å². The molecule has 0 bridgehead atoms. The Bertz CT molecular complexity index is 1530. The number of aliphatic hydroxyl groups excluding tert-OH is 1. The predicted octanol–water partition coefficient (Wildman–Crippen LogP) is 7.56. The van der Waals surface area contributed by atoms with Crippen molar-refractivity contribution in [3.8, 4) is 5.75 Å². The number of hydrogen-bond donors (Lipinski definition) is 2. The molecule has 2 saturated heterocycles. The van der Waals surface area contributed by atoms with Crippen molar-refractivity contribution < 1.29 is 50.9 Å². The zero-order valence-corrected chi connectivity index (χ0v) is 24.8. The molecular weight excluding hydrogens is 628 g/mol. The summed E-state index contributed by atoms with van der Waals surface area (Å²) in [7, 11) is 0. The number of anilines is 1. The van der Waals surface area contributed by atoms with Crippen LogP contribution in [-0.2, 0) is 26.7 Å². The maximum Gasteiger partial charge on any atom is 0.416 e. The number of nitrogens with zero attached hydrogens (tertiary/aromatic N) is 1. The number of carbonyl (C=O) groups excluding carboxylic acids is 2. The zero-order valence-electron chi connectivity index (χ0n) is 24.0. The molecule has 0 saturated carbocycles. The van der Waals surface area contributed by atoms with Crippen LogP contribution in [0.15, 0.2) is 53.1 Å². The van der Waals surface area contributed by atoms with E-state index in [9.17, 15) is 46.1 Å². The molecule has 45 heavy (non-hydrogen) atoms. The molecule has 1 aliphatic carbocycles. The highest BCUT2D eigenvalue weighted by Gasteiger charge is 2.57. The summed E-state index contributed by atoms with van der Waals surface area (Å²) in [6.45, 7) is 1.57. The van der Waals surface area contributed by atoms with Crippen molar-refractivity contribution in [3.05, 3.63) is 74.8 Å². The number of imide groups is 1. The average molecular weight is 658 g/mol. The molecule has 0 spiro atoms. The van der Waals surface area contributed by atoms with Gasteiger partial charge in [-0.2, -0.15) is 26.3 Å². The first-order valence-electron chi connectivity index (χ1n) is 14.4. The Kier molecular flexibility index (Phi) is 9.14. The molecule has 2 fully saturated rings. The summed E-state index contributed by atoms with van der Waals surface area (Å²) < 4.78 is 87.3. The van der Waals surface area contributed by atoms with Crippen LogP contribution in [0.4, 0.5) is 32.0 Å². The standard InChI is InChI=1S/C32H30ClF6NO5/c1-2-3-16(8-17-5-6-22(42)13-25(17)33)4-7-26-27-18(14-41)9-23-28(24(27)15-45-26)30(44)40(29(23)43)21-11-19(31(34,35)36)10-20(12-21)32(37,38)39/h5-6,8,10-13,23-24,26,28,41-42H,2-4,7,9,14-15H2,1H3/b16-8+/t23-,24+,26-,28-/m1/s1. The lowest BCUT2D eigenvalue weighted by Crippen LogP contribution is -2.35. The molecule has 0 unspecified atom stereocenters. The van der Waals surface area contributed by atoms with Gasteiger partial charge in [-0.15, -0.1) is 0 Å². The van der Waals surface area contributed by atoms with Crippen molar-refractivity contribution in [1.82, 2.24) is 0 Å². The van der Waals surface area contributed by atoms with Gasteiger partial charge in [-0.1, -0.05) is 36.6 Å². The minimum Gasteiger partial charge on any atom is -0.508 e. The number of aromatic hydroxyl groups is 1. The Balaban J connectivity index is 1.42. The van der Waals surface area contributed by atoms with Gasteiger partial charge in [0.05, 0.1) is 53.0 Å². The zero-order chi connectivity index (χ0) is 32.8. The van der Waals surface area contributed by atoms with Crippen LogP contribution in [0, 0.1) is 17.8 Å². The summed E-state index contributed by atoms with van der Waals surface area (Å²) in [5, 5.41) is 20.3. The van der Waals surface area contributed by atoms with Crippen molar-refractivity contribution in [2.75, 3.05) is 18.1 Å². The largest absolute Gasteiger partial charge is 0.508 e. The third-order valence-electron chi connectivity index (χ3n) is 8.67. The maximum absolute atomic E-state index is 13.7. The second-order valence-corrected chi connectivity index (χ2v) is 12.0. The molecule has 2 N–H and O–H groups in total. The van der Waals surface area contributed by atoms with Crippen molar-refractivity contribution in [2.24, 2.45) is 17.8 Å². The monoisotopic (exact) mass is 657 g/mol. The number of phenols is 1. The third-order valence-corrected chi connectivity index (χ3v) is 9.00. The van der Waals surface area contributed by atoms with E-state index in [4.69, 9.17) is 16.3 Å². The predicted molar refractivity (Wildman–Crippen MR) is 153 cm³/mol. The van der Waals surface area contributed by atoms with E-state index in [0.717, 1.165) is 24.0 Å². The van der Waals surface area contributed by atoms with E-state index in [1.807, 2.05) is 13.0 Å². The summed E-state index contributed by atoms with van der Waals surface area (Å²) >= 11 is 6.29. The molecule has 13 heteroatoms. The number of amides is 2. The first-order valence-corrected chi connectivity index (χ1v) is 14.8. The first-order chi connectivity index (χ1) is 21.1. The maximum atomic E-state index is 13.7. The quantitative estimate of drug-likeness (QED) is 0.174. The third kappa shape index (κ3) is 6.50. The molecule has 2 aromatic rings. The number of alkyl halides is 6. The summed E-state index contributed by atoms with van der Waals surface area (Å²) in [6, 6.07) is 5.34. The van der Waals surface area contributed by atoms with Gasteiger partial charge in [-0.3, -0.25) is 9.59 Å². The van der Waals surface area contributed by atoms with Crippen LogP contribution in [0.25, 0.3) is 6.08 Å². The molecule has 0 radical (unpaired) electrons. The Morgan fingerprint density at radius 1 is 1.00 bits per heavy atom. The number of aliphatic hydroxyl groups is 1. The summed E-state index contributed by atoms with van der Waals surface area (Å²) in [5.41, 5.74) is -1.17. The highest BCUT2D eigenvalue weighted by Crippen LogP contribution is 2.51. The Labute approximate surface area is 259 Å². The number of hydrogen-bond acceptors (Lipinski definition) is 5. The Hall–Kier alpha value is -3.35. The molecular formula is C32H30ClF6NO5. The molecule has 0 aromatic heterocycles. The van der Waals surface area contributed by atoms with Crippen LogP contribution >= 0.6 is 11.6 Å².